The van der Waals surface area contributed by atoms with E-state index < -0.39 is 14.9 Å². The summed E-state index contributed by atoms with van der Waals surface area (Å²) in [5.41, 5.74) is 0.421. The third-order valence-electron chi connectivity index (χ3n) is 6.14. The molecule has 0 aromatic carbocycles. The zero-order valence-corrected chi connectivity index (χ0v) is 18.1. The third-order valence-corrected chi connectivity index (χ3v) is 8.87. The molecule has 0 heterocycles. The van der Waals surface area contributed by atoms with Crippen LogP contribution in [-0.4, -0.2) is 28.3 Å². The molecular weight excluding hydrogens is 304 g/mol. The van der Waals surface area contributed by atoms with Gasteiger partial charge in [0.15, 0.2) is 0 Å². The molecular formula is C20H44O2S. The van der Waals surface area contributed by atoms with Gasteiger partial charge in [-0.15, -0.1) is 0 Å². The standard InChI is InChI=1S/C20H44O2S/c1-9-15-19(6,18(10-2)11-3)16-14-17-22-20(12-4,13-5)23(7,8)21/h18,23H,9-17H2,1-8H3. The molecule has 0 fully saturated rings. The van der Waals surface area contributed by atoms with Gasteiger partial charge in [0, 0.05) is 6.61 Å². The topological polar surface area (TPSA) is 26.3 Å². The summed E-state index contributed by atoms with van der Waals surface area (Å²) >= 11 is 0. The Morgan fingerprint density at radius 1 is 0.957 bits per heavy atom. The van der Waals surface area contributed by atoms with Crippen LogP contribution in [0.5, 0.6) is 0 Å². The van der Waals surface area contributed by atoms with Crippen molar-refractivity contribution in [2.24, 2.45) is 11.3 Å². The van der Waals surface area contributed by atoms with Crippen molar-refractivity contribution in [3.63, 3.8) is 0 Å². The molecule has 0 bridgehead atoms. The van der Waals surface area contributed by atoms with E-state index in [4.69, 9.17) is 4.74 Å². The Morgan fingerprint density at radius 2 is 1.48 bits per heavy atom. The molecule has 3 heteroatoms. The molecule has 2 nitrogen and oxygen atoms in total. The molecule has 0 aliphatic heterocycles. The molecule has 142 valence electrons. The number of hydrogen-bond donors (Lipinski definition) is 1. The highest BCUT2D eigenvalue weighted by Crippen LogP contribution is 2.41. The molecule has 0 saturated heterocycles. The minimum Gasteiger partial charge on any atom is -0.364 e. The smallest absolute Gasteiger partial charge is 0.120 e. The minimum atomic E-state index is -2.25. The van der Waals surface area contributed by atoms with E-state index in [0.717, 1.165) is 31.8 Å². The Morgan fingerprint density at radius 3 is 1.83 bits per heavy atom. The van der Waals surface area contributed by atoms with Crippen LogP contribution in [0.4, 0.5) is 0 Å². The second-order valence-corrected chi connectivity index (χ2v) is 11.4. The van der Waals surface area contributed by atoms with Crippen molar-refractivity contribution in [1.29, 1.82) is 0 Å². The number of thiol groups is 1. The van der Waals surface area contributed by atoms with Gasteiger partial charge in [0.1, 0.15) is 4.93 Å². The lowest BCUT2D eigenvalue weighted by Gasteiger charge is -2.40. The van der Waals surface area contributed by atoms with Gasteiger partial charge in [-0.05, 0) is 55.9 Å². The maximum Gasteiger partial charge on any atom is 0.120 e. The fraction of sp³-hybridized carbons (Fsp3) is 1.00. The van der Waals surface area contributed by atoms with Crippen LogP contribution in [0.1, 0.15) is 92.9 Å². The van der Waals surface area contributed by atoms with Crippen molar-refractivity contribution in [2.75, 3.05) is 19.1 Å². The lowest BCUT2D eigenvalue weighted by atomic mass is 9.68. The Hall–Kier alpha value is 0.110. The molecule has 0 aliphatic carbocycles. The molecule has 0 aromatic heterocycles. The lowest BCUT2D eigenvalue weighted by molar-refractivity contribution is 0.00463. The predicted octanol–water partition coefficient (Wildman–Crippen LogP) is 5.82. The van der Waals surface area contributed by atoms with Crippen LogP contribution in [0.15, 0.2) is 0 Å². The Labute approximate surface area is 147 Å². The molecule has 0 aromatic rings. The van der Waals surface area contributed by atoms with Crippen molar-refractivity contribution >= 4 is 9.93 Å². The van der Waals surface area contributed by atoms with Crippen LogP contribution >= 0.6 is 0 Å². The van der Waals surface area contributed by atoms with E-state index in [-0.39, 0.29) is 0 Å². The van der Waals surface area contributed by atoms with E-state index in [1.807, 2.05) is 12.5 Å². The summed E-state index contributed by atoms with van der Waals surface area (Å²) in [5.74, 6) is 0.799. The van der Waals surface area contributed by atoms with Crippen LogP contribution in [0.25, 0.3) is 0 Å². The van der Waals surface area contributed by atoms with Crippen LogP contribution in [0.2, 0.25) is 0 Å². The van der Waals surface area contributed by atoms with Gasteiger partial charge < -0.3 is 4.74 Å². The number of hydrogen-bond acceptors (Lipinski definition) is 2. The van der Waals surface area contributed by atoms with Crippen LogP contribution < -0.4 is 0 Å². The maximum atomic E-state index is 12.7. The number of rotatable bonds is 13. The van der Waals surface area contributed by atoms with E-state index in [1.54, 1.807) is 0 Å². The predicted molar refractivity (Wildman–Crippen MR) is 107 cm³/mol. The zero-order valence-electron chi connectivity index (χ0n) is 17.2. The highest BCUT2D eigenvalue weighted by atomic mass is 32.2. The molecule has 0 saturated carbocycles. The normalized spacial score (nSPS) is 16.6. The van der Waals surface area contributed by atoms with Gasteiger partial charge in [-0.25, -0.2) is 0 Å². The first-order valence-corrected chi connectivity index (χ1v) is 12.4. The average molecular weight is 349 g/mol. The van der Waals surface area contributed by atoms with Crippen molar-refractivity contribution < 1.29 is 8.95 Å². The first-order chi connectivity index (χ1) is 10.7. The quantitative estimate of drug-likeness (QED) is 0.335. The van der Waals surface area contributed by atoms with Gasteiger partial charge >= 0.3 is 0 Å². The molecule has 0 amide bonds. The maximum absolute atomic E-state index is 12.7. The van der Waals surface area contributed by atoms with Gasteiger partial charge in [-0.3, -0.25) is 4.21 Å². The minimum absolute atomic E-state index is 0.414. The molecule has 1 unspecified atom stereocenters. The Bertz CT molecular complexity index is 353. The van der Waals surface area contributed by atoms with Crippen molar-refractivity contribution in [1.82, 2.24) is 0 Å². The molecule has 0 N–H and O–H groups in total. The Balaban J connectivity index is 4.75. The summed E-state index contributed by atoms with van der Waals surface area (Å²) in [5, 5.41) is 0. The molecule has 0 radical (unpaired) electrons. The summed E-state index contributed by atoms with van der Waals surface area (Å²) in [7, 11) is -2.25. The van der Waals surface area contributed by atoms with Crippen molar-refractivity contribution in [3.8, 4) is 0 Å². The molecule has 0 spiro atoms. The first kappa shape index (κ1) is 23.1. The second kappa shape index (κ2) is 10.2. The number of ether oxygens (including phenoxy) is 1. The average Bonchev–Trinajstić information content (AvgIpc) is 2.48. The fourth-order valence-corrected chi connectivity index (χ4v) is 6.41. The summed E-state index contributed by atoms with van der Waals surface area (Å²) < 4.78 is 18.9. The van der Waals surface area contributed by atoms with Gasteiger partial charge in [0.25, 0.3) is 0 Å². The highest BCUT2D eigenvalue weighted by molar-refractivity contribution is 8.02. The van der Waals surface area contributed by atoms with Crippen LogP contribution in [0, 0.1) is 11.3 Å². The van der Waals surface area contributed by atoms with E-state index in [1.165, 1.54) is 32.1 Å². The summed E-state index contributed by atoms with van der Waals surface area (Å²) in [6.45, 7) is 14.4. The zero-order chi connectivity index (χ0) is 18.1. The highest BCUT2D eigenvalue weighted by Gasteiger charge is 2.36. The molecule has 23 heavy (non-hydrogen) atoms. The van der Waals surface area contributed by atoms with Gasteiger partial charge in [0.2, 0.25) is 0 Å². The molecule has 0 rings (SSSR count). The van der Waals surface area contributed by atoms with E-state index in [9.17, 15) is 4.21 Å². The summed E-state index contributed by atoms with van der Waals surface area (Å²) in [6.07, 6.45) is 12.8. The second-order valence-electron chi connectivity index (χ2n) is 7.87. The van der Waals surface area contributed by atoms with E-state index in [2.05, 4.69) is 41.5 Å². The van der Waals surface area contributed by atoms with Crippen molar-refractivity contribution in [3.05, 3.63) is 0 Å². The Kier molecular flexibility index (Phi) is 10.2. The van der Waals surface area contributed by atoms with Crippen molar-refractivity contribution in [2.45, 2.75) is 97.8 Å². The van der Waals surface area contributed by atoms with E-state index >= 15 is 0 Å². The van der Waals surface area contributed by atoms with Crippen LogP contribution in [-0.2, 0) is 14.7 Å². The van der Waals surface area contributed by atoms with Gasteiger partial charge in [-0.2, -0.15) is 0 Å². The van der Waals surface area contributed by atoms with Crippen LogP contribution in [0.3, 0.4) is 0 Å². The summed E-state index contributed by atoms with van der Waals surface area (Å²) in [6, 6.07) is 0. The summed E-state index contributed by atoms with van der Waals surface area (Å²) in [4.78, 5) is -0.414. The fourth-order valence-electron chi connectivity index (χ4n) is 4.49. The van der Waals surface area contributed by atoms with E-state index in [0.29, 0.717) is 5.41 Å². The molecule has 0 aliphatic rings. The van der Waals surface area contributed by atoms with Gasteiger partial charge in [-0.1, -0.05) is 70.7 Å². The van der Waals surface area contributed by atoms with Gasteiger partial charge in [0.05, 0.1) is 0 Å². The molecule has 1 atom stereocenters. The largest absolute Gasteiger partial charge is 0.364 e. The SMILES string of the molecule is CCCC(C)(CCCOC(CC)(CC)[SH](C)(C)=O)C(CC)CC. The monoisotopic (exact) mass is 348 g/mol. The third kappa shape index (κ3) is 6.16. The lowest BCUT2D eigenvalue weighted by Crippen LogP contribution is -2.44. The first-order valence-electron chi connectivity index (χ1n) is 9.85.